The third kappa shape index (κ3) is 3.99. The van der Waals surface area contributed by atoms with Gasteiger partial charge in [0.15, 0.2) is 0 Å². The molecule has 2 amide bonds. The van der Waals surface area contributed by atoms with E-state index in [2.05, 4.69) is 48.1 Å². The topological polar surface area (TPSA) is 61.5 Å². The van der Waals surface area contributed by atoms with Crippen LogP contribution in [0, 0.1) is 12.3 Å². The number of nitrogens with one attached hydrogen (secondary N) is 1. The lowest BCUT2D eigenvalue weighted by atomic mass is 9.83. The molecular formula is C25H30N4O2. The molecule has 5 rings (SSSR count). The van der Waals surface area contributed by atoms with Crippen molar-refractivity contribution in [2.75, 3.05) is 26.2 Å². The van der Waals surface area contributed by atoms with Crippen molar-refractivity contribution < 1.29 is 9.53 Å². The summed E-state index contributed by atoms with van der Waals surface area (Å²) in [5.41, 5.74) is 5.63. The minimum Gasteiger partial charge on any atom is -0.491 e. The number of ether oxygens (including phenoxy) is 1. The number of carbonyl (C=O) groups excluding carboxylic acids is 1. The Bertz CT molecular complexity index is 1120. The van der Waals surface area contributed by atoms with Gasteiger partial charge in [0.2, 0.25) is 0 Å². The molecule has 1 fully saturated rings. The molecule has 6 nitrogen and oxygen atoms in total. The number of H-pyrrole nitrogens is 1. The molecule has 3 heterocycles. The highest BCUT2D eigenvalue weighted by atomic mass is 16.5. The van der Waals surface area contributed by atoms with Gasteiger partial charge in [-0.05, 0) is 60.6 Å². The second-order valence-corrected chi connectivity index (χ2v) is 9.58. The first-order valence-corrected chi connectivity index (χ1v) is 11.1. The fourth-order valence-electron chi connectivity index (χ4n) is 4.56. The van der Waals surface area contributed by atoms with Crippen LogP contribution in [-0.2, 0) is 6.54 Å². The molecule has 0 saturated carbocycles. The molecule has 0 atom stereocenters. The maximum Gasteiger partial charge on any atom is 0.320 e. The Balaban J connectivity index is 1.39. The van der Waals surface area contributed by atoms with Crippen molar-refractivity contribution in [3.63, 3.8) is 0 Å². The third-order valence-electron chi connectivity index (χ3n) is 6.63. The molecule has 2 aliphatic heterocycles. The average molecular weight is 419 g/mol. The number of piperidine rings is 1. The van der Waals surface area contributed by atoms with Gasteiger partial charge in [0.1, 0.15) is 18.2 Å². The van der Waals surface area contributed by atoms with Crippen molar-refractivity contribution >= 4 is 17.1 Å². The van der Waals surface area contributed by atoms with Crippen LogP contribution in [0.2, 0.25) is 0 Å². The van der Waals surface area contributed by atoms with Crippen LogP contribution in [0.1, 0.15) is 38.1 Å². The number of nitrogens with zero attached hydrogens (tertiary/aromatic N) is 3. The normalized spacial score (nSPS) is 18.4. The first kappa shape index (κ1) is 19.9. The number of amides is 2. The summed E-state index contributed by atoms with van der Waals surface area (Å²) in [5.74, 6) is 1.79. The number of urea groups is 1. The van der Waals surface area contributed by atoms with Crippen LogP contribution in [0.3, 0.4) is 0 Å². The molecule has 2 aliphatic rings. The molecule has 0 bridgehead atoms. The van der Waals surface area contributed by atoms with Crippen LogP contribution in [0.5, 0.6) is 5.75 Å². The minimum absolute atomic E-state index is 0.131. The van der Waals surface area contributed by atoms with E-state index < -0.39 is 0 Å². The van der Waals surface area contributed by atoms with Crippen molar-refractivity contribution in [3.8, 4) is 16.9 Å². The van der Waals surface area contributed by atoms with Crippen LogP contribution < -0.4 is 4.74 Å². The summed E-state index contributed by atoms with van der Waals surface area (Å²) < 4.78 is 5.99. The first-order chi connectivity index (χ1) is 14.9. The fourth-order valence-corrected chi connectivity index (χ4v) is 4.56. The summed E-state index contributed by atoms with van der Waals surface area (Å²) >= 11 is 0. The van der Waals surface area contributed by atoms with Gasteiger partial charge in [-0.3, -0.25) is 0 Å². The fraction of sp³-hybridized carbons (Fsp3) is 0.440. The molecule has 1 saturated heterocycles. The number of rotatable bonds is 1. The van der Waals surface area contributed by atoms with E-state index in [1.165, 1.54) is 0 Å². The number of aromatic amines is 1. The first-order valence-electron chi connectivity index (χ1n) is 11.1. The van der Waals surface area contributed by atoms with E-state index in [4.69, 9.17) is 4.74 Å². The molecule has 162 valence electrons. The van der Waals surface area contributed by atoms with E-state index in [1.54, 1.807) is 0 Å². The molecular weight excluding hydrogens is 388 g/mol. The predicted molar refractivity (Wildman–Crippen MR) is 122 cm³/mol. The van der Waals surface area contributed by atoms with Gasteiger partial charge in [-0.1, -0.05) is 26.0 Å². The molecule has 3 aromatic rings. The smallest absolute Gasteiger partial charge is 0.320 e. The Kier molecular flexibility index (Phi) is 4.88. The Morgan fingerprint density at radius 2 is 1.77 bits per heavy atom. The Labute approximate surface area is 183 Å². The zero-order chi connectivity index (χ0) is 21.6. The van der Waals surface area contributed by atoms with Crippen LogP contribution in [0.25, 0.3) is 22.2 Å². The van der Waals surface area contributed by atoms with E-state index in [1.807, 2.05) is 28.9 Å². The number of likely N-dealkylation sites (tertiary alicyclic amines) is 1. The maximum absolute atomic E-state index is 13.2. The largest absolute Gasteiger partial charge is 0.491 e. The summed E-state index contributed by atoms with van der Waals surface area (Å²) in [4.78, 5) is 25.0. The number of imidazole rings is 1. The SMILES string of the molecule is Cc1nc2ccc(-c3ccc4c(c3)CN(C(=O)N3CCC(C)(C)CC3)CCO4)cc2[nH]1. The summed E-state index contributed by atoms with van der Waals surface area (Å²) in [5, 5.41) is 0. The van der Waals surface area contributed by atoms with Crippen LogP contribution in [-0.4, -0.2) is 52.0 Å². The number of carbonyl (C=O) groups is 1. The number of benzene rings is 2. The van der Waals surface area contributed by atoms with Gasteiger partial charge in [0, 0.05) is 18.7 Å². The minimum atomic E-state index is 0.131. The van der Waals surface area contributed by atoms with Gasteiger partial charge in [-0.2, -0.15) is 0 Å². The Morgan fingerprint density at radius 1 is 1.03 bits per heavy atom. The van der Waals surface area contributed by atoms with Crippen LogP contribution in [0.15, 0.2) is 36.4 Å². The number of hydrogen-bond acceptors (Lipinski definition) is 3. The van der Waals surface area contributed by atoms with Gasteiger partial charge in [0.25, 0.3) is 0 Å². The number of aryl methyl sites for hydroxylation is 1. The summed E-state index contributed by atoms with van der Waals surface area (Å²) in [6.07, 6.45) is 2.11. The van der Waals surface area contributed by atoms with Gasteiger partial charge < -0.3 is 19.5 Å². The predicted octanol–water partition coefficient (Wildman–Crippen LogP) is 4.97. The van der Waals surface area contributed by atoms with E-state index in [0.717, 1.165) is 65.2 Å². The summed E-state index contributed by atoms with van der Waals surface area (Å²) in [6, 6.07) is 12.7. The van der Waals surface area contributed by atoms with Crippen molar-refractivity contribution in [1.29, 1.82) is 0 Å². The maximum atomic E-state index is 13.2. The molecule has 2 aromatic carbocycles. The van der Waals surface area contributed by atoms with Crippen molar-refractivity contribution in [2.45, 2.75) is 40.2 Å². The zero-order valence-electron chi connectivity index (χ0n) is 18.6. The van der Waals surface area contributed by atoms with Gasteiger partial charge >= 0.3 is 6.03 Å². The highest BCUT2D eigenvalue weighted by Crippen LogP contribution is 2.33. The van der Waals surface area contributed by atoms with Gasteiger partial charge in [-0.15, -0.1) is 0 Å². The number of aromatic nitrogens is 2. The summed E-state index contributed by atoms with van der Waals surface area (Å²) in [6.45, 7) is 9.92. The Morgan fingerprint density at radius 3 is 2.58 bits per heavy atom. The summed E-state index contributed by atoms with van der Waals surface area (Å²) in [7, 11) is 0. The van der Waals surface area contributed by atoms with Crippen molar-refractivity contribution in [1.82, 2.24) is 19.8 Å². The van der Waals surface area contributed by atoms with Gasteiger partial charge in [-0.25, -0.2) is 9.78 Å². The van der Waals surface area contributed by atoms with Crippen molar-refractivity contribution in [2.24, 2.45) is 5.41 Å². The lowest BCUT2D eigenvalue weighted by Crippen LogP contribution is -2.48. The van der Waals surface area contributed by atoms with Crippen molar-refractivity contribution in [3.05, 3.63) is 47.8 Å². The number of fused-ring (bicyclic) bond motifs is 2. The molecule has 0 spiro atoms. The molecule has 0 radical (unpaired) electrons. The Hall–Kier alpha value is -3.02. The molecule has 0 aliphatic carbocycles. The quantitative estimate of drug-likeness (QED) is 0.607. The van der Waals surface area contributed by atoms with Crippen LogP contribution >= 0.6 is 0 Å². The number of hydrogen-bond donors (Lipinski definition) is 1. The average Bonchev–Trinajstić information content (AvgIpc) is 2.98. The zero-order valence-corrected chi connectivity index (χ0v) is 18.6. The van der Waals surface area contributed by atoms with E-state index in [-0.39, 0.29) is 6.03 Å². The molecule has 31 heavy (non-hydrogen) atoms. The monoisotopic (exact) mass is 418 g/mol. The molecule has 6 heteroatoms. The highest BCUT2D eigenvalue weighted by Gasteiger charge is 2.31. The molecule has 1 aromatic heterocycles. The third-order valence-corrected chi connectivity index (χ3v) is 6.63. The second-order valence-electron chi connectivity index (χ2n) is 9.58. The van der Waals surface area contributed by atoms with Gasteiger partial charge in [0.05, 0.1) is 24.1 Å². The van der Waals surface area contributed by atoms with Crippen LogP contribution in [0.4, 0.5) is 4.79 Å². The molecule has 0 unspecified atom stereocenters. The van der Waals surface area contributed by atoms with E-state index >= 15 is 0 Å². The molecule has 1 N–H and O–H groups in total. The standard InChI is InChI=1S/C25H30N4O2/c1-17-26-21-6-4-19(15-22(21)27-17)18-5-7-23-20(14-18)16-29(12-13-31-23)24(30)28-10-8-25(2,3)9-11-28/h4-7,14-15H,8-13,16H2,1-3H3,(H,26,27). The van der Waals surface area contributed by atoms with E-state index in [0.29, 0.717) is 25.1 Å². The highest BCUT2D eigenvalue weighted by molar-refractivity contribution is 5.82. The van der Waals surface area contributed by atoms with E-state index in [9.17, 15) is 4.79 Å². The second kappa shape index (κ2) is 7.59. The lowest BCUT2D eigenvalue weighted by Gasteiger charge is -2.39. The lowest BCUT2D eigenvalue weighted by molar-refractivity contribution is 0.108.